The number of quaternary nitrogens is 1. The fraction of sp³-hybridized carbons (Fsp3) is 0.136. The number of hydrogen-bond acceptors (Lipinski definition) is 1. The van der Waals surface area contributed by atoms with Gasteiger partial charge in [0.25, 0.3) is 5.91 Å². The summed E-state index contributed by atoms with van der Waals surface area (Å²) in [7, 11) is 0. The number of nitrogens with one attached hydrogen (secondary N) is 1. The third-order valence-electron chi connectivity index (χ3n) is 4.36. The lowest BCUT2D eigenvalue weighted by molar-refractivity contribution is -0.676. The van der Waals surface area contributed by atoms with Crippen LogP contribution in [0.2, 0.25) is 0 Å². The lowest BCUT2D eigenvalue weighted by Crippen LogP contribution is -2.87. The normalized spacial score (nSPS) is 11.4. The van der Waals surface area contributed by atoms with Crippen molar-refractivity contribution < 1.29 is 23.3 Å². The fourth-order valence-corrected chi connectivity index (χ4v) is 3.05. The van der Waals surface area contributed by atoms with E-state index in [1.54, 1.807) is 0 Å². The Morgan fingerprint density at radius 2 is 1.32 bits per heavy atom. The highest BCUT2D eigenvalue weighted by atomic mass is 19.4. The molecule has 0 bridgehead atoms. The van der Waals surface area contributed by atoms with Crippen molar-refractivity contribution in [2.75, 3.05) is 11.9 Å². The Labute approximate surface area is 161 Å². The molecule has 0 fully saturated rings. The summed E-state index contributed by atoms with van der Waals surface area (Å²) in [5, 5.41) is 4.20. The molecule has 0 saturated heterocycles. The molecule has 0 aliphatic heterocycles. The number of carbonyl (C=O) groups is 1. The van der Waals surface area contributed by atoms with Gasteiger partial charge < -0.3 is 10.6 Å². The topological polar surface area (TPSA) is 45.7 Å². The summed E-state index contributed by atoms with van der Waals surface area (Å²) < 4.78 is 39.3. The first-order valence-electron chi connectivity index (χ1n) is 8.84. The Bertz CT molecular complexity index is 872. The lowest BCUT2D eigenvalue weighted by Gasteiger charge is -2.17. The molecule has 3 N–H and O–H groups in total. The highest BCUT2D eigenvalue weighted by Crippen LogP contribution is 2.34. The molecule has 0 unspecified atom stereocenters. The van der Waals surface area contributed by atoms with Gasteiger partial charge in [-0.15, -0.1) is 0 Å². The molecule has 0 atom stereocenters. The summed E-state index contributed by atoms with van der Waals surface area (Å²) in [4.78, 5) is 12.3. The molecule has 28 heavy (non-hydrogen) atoms. The zero-order valence-electron chi connectivity index (χ0n) is 15.0. The molecule has 1 amide bonds. The number of benzene rings is 3. The zero-order valence-corrected chi connectivity index (χ0v) is 15.0. The minimum atomic E-state index is -4.52. The summed E-state index contributed by atoms with van der Waals surface area (Å²) in [6, 6.07) is 24.2. The first kappa shape index (κ1) is 19.6. The minimum absolute atomic E-state index is 0.0132. The van der Waals surface area contributed by atoms with Crippen LogP contribution in [0, 0.1) is 0 Å². The van der Waals surface area contributed by atoms with Crippen molar-refractivity contribution >= 4 is 11.6 Å². The standard InChI is InChI=1S/C22H19F3N2O/c23-22(24,25)18-13-7-8-14-19(18)27-20(28)15-26-21(16-9-3-1-4-10-16)17-11-5-2-6-12-17/h1-14,21,26H,15H2,(H,27,28)/p+1. The molecule has 3 aromatic carbocycles. The smallest absolute Gasteiger partial charge is 0.328 e. The van der Waals surface area contributed by atoms with Crippen molar-refractivity contribution in [3.05, 3.63) is 102 Å². The zero-order chi connectivity index (χ0) is 20.0. The van der Waals surface area contributed by atoms with E-state index in [9.17, 15) is 18.0 Å². The Morgan fingerprint density at radius 3 is 1.86 bits per heavy atom. The van der Waals surface area contributed by atoms with E-state index in [0.29, 0.717) is 0 Å². The Balaban J connectivity index is 1.73. The summed E-state index contributed by atoms with van der Waals surface area (Å²) in [5.74, 6) is -0.492. The number of halogens is 3. The highest BCUT2D eigenvalue weighted by molar-refractivity contribution is 5.92. The van der Waals surface area contributed by atoms with Gasteiger partial charge in [-0.1, -0.05) is 72.8 Å². The first-order valence-corrected chi connectivity index (χ1v) is 8.84. The van der Waals surface area contributed by atoms with E-state index in [-0.39, 0.29) is 18.3 Å². The number of nitrogens with two attached hydrogens (primary N) is 1. The molecule has 3 nitrogen and oxygen atoms in total. The number of amides is 1. The van der Waals surface area contributed by atoms with Crippen LogP contribution in [-0.2, 0) is 11.0 Å². The summed E-state index contributed by atoms with van der Waals surface area (Å²) in [6.45, 7) is -0.0132. The summed E-state index contributed by atoms with van der Waals surface area (Å²) >= 11 is 0. The van der Waals surface area contributed by atoms with Gasteiger partial charge in [-0.25, -0.2) is 0 Å². The number of carbonyl (C=O) groups excluding carboxylic acids is 1. The average Bonchev–Trinajstić information content (AvgIpc) is 2.69. The van der Waals surface area contributed by atoms with Crippen LogP contribution in [0.3, 0.4) is 0 Å². The number of alkyl halides is 3. The molecule has 0 heterocycles. The Hall–Kier alpha value is -3.12. The molecule has 3 rings (SSSR count). The van der Waals surface area contributed by atoms with Crippen molar-refractivity contribution in [3.63, 3.8) is 0 Å². The van der Waals surface area contributed by atoms with Crippen LogP contribution in [0.25, 0.3) is 0 Å². The molecular formula is C22H20F3N2O+. The Morgan fingerprint density at radius 1 is 0.821 bits per heavy atom. The van der Waals surface area contributed by atoms with Crippen LogP contribution >= 0.6 is 0 Å². The molecule has 3 aromatic rings. The molecule has 0 spiro atoms. The highest BCUT2D eigenvalue weighted by Gasteiger charge is 2.33. The number of rotatable bonds is 6. The minimum Gasteiger partial charge on any atom is -0.328 e. The molecular weight excluding hydrogens is 365 g/mol. The van der Waals surface area contributed by atoms with Crippen LogP contribution in [0.5, 0.6) is 0 Å². The second-order valence-electron chi connectivity index (χ2n) is 6.33. The van der Waals surface area contributed by atoms with Gasteiger partial charge in [0.15, 0.2) is 6.54 Å². The van der Waals surface area contributed by atoms with E-state index >= 15 is 0 Å². The maximum atomic E-state index is 13.1. The van der Waals surface area contributed by atoms with Gasteiger partial charge >= 0.3 is 6.18 Å². The molecule has 0 aliphatic rings. The van der Waals surface area contributed by atoms with Gasteiger partial charge in [-0.05, 0) is 12.1 Å². The van der Waals surface area contributed by atoms with Gasteiger partial charge in [-0.2, -0.15) is 13.2 Å². The molecule has 0 radical (unpaired) electrons. The molecule has 0 aromatic heterocycles. The molecule has 0 aliphatic carbocycles. The summed E-state index contributed by atoms with van der Waals surface area (Å²) in [6.07, 6.45) is -4.52. The van der Waals surface area contributed by atoms with Crippen LogP contribution < -0.4 is 10.6 Å². The second kappa shape index (κ2) is 8.71. The predicted molar refractivity (Wildman–Crippen MR) is 102 cm³/mol. The van der Waals surface area contributed by atoms with Crippen molar-refractivity contribution in [3.8, 4) is 0 Å². The number of hydrogen-bond donors (Lipinski definition) is 2. The van der Waals surface area contributed by atoms with E-state index in [1.807, 2.05) is 66.0 Å². The van der Waals surface area contributed by atoms with Crippen molar-refractivity contribution in [1.82, 2.24) is 0 Å². The van der Waals surface area contributed by atoms with Crippen molar-refractivity contribution in [2.45, 2.75) is 12.2 Å². The Kier molecular flexibility index (Phi) is 6.11. The molecule has 6 heteroatoms. The first-order chi connectivity index (χ1) is 13.4. The van der Waals surface area contributed by atoms with Gasteiger partial charge in [0.05, 0.1) is 11.3 Å². The van der Waals surface area contributed by atoms with Gasteiger partial charge in [-0.3, -0.25) is 4.79 Å². The lowest BCUT2D eigenvalue weighted by atomic mass is 9.99. The third kappa shape index (κ3) is 4.98. The monoisotopic (exact) mass is 385 g/mol. The van der Waals surface area contributed by atoms with E-state index < -0.39 is 17.6 Å². The molecule has 144 valence electrons. The predicted octanol–water partition coefficient (Wildman–Crippen LogP) is 4.00. The maximum Gasteiger partial charge on any atom is 0.418 e. The average molecular weight is 385 g/mol. The van der Waals surface area contributed by atoms with E-state index in [1.165, 1.54) is 18.2 Å². The van der Waals surface area contributed by atoms with E-state index in [2.05, 4.69) is 5.32 Å². The fourth-order valence-electron chi connectivity index (χ4n) is 3.05. The molecule has 0 saturated carbocycles. The second-order valence-corrected chi connectivity index (χ2v) is 6.33. The SMILES string of the molecule is O=C(C[NH2+]C(c1ccccc1)c1ccccc1)Nc1ccccc1C(F)(F)F. The van der Waals surface area contributed by atoms with Crippen molar-refractivity contribution in [2.24, 2.45) is 0 Å². The maximum absolute atomic E-state index is 13.1. The summed E-state index contributed by atoms with van der Waals surface area (Å²) in [5.41, 5.74) is 0.935. The van der Waals surface area contributed by atoms with Gasteiger partial charge in [0, 0.05) is 11.1 Å². The van der Waals surface area contributed by atoms with Gasteiger partial charge in [0.2, 0.25) is 0 Å². The van der Waals surface area contributed by atoms with Crippen molar-refractivity contribution in [1.29, 1.82) is 0 Å². The number of anilines is 1. The van der Waals surface area contributed by atoms with E-state index in [4.69, 9.17) is 0 Å². The van der Waals surface area contributed by atoms with Crippen LogP contribution in [-0.4, -0.2) is 12.5 Å². The van der Waals surface area contributed by atoms with Crippen LogP contribution in [0.1, 0.15) is 22.7 Å². The van der Waals surface area contributed by atoms with Crippen LogP contribution in [0.15, 0.2) is 84.9 Å². The number of para-hydroxylation sites is 1. The third-order valence-corrected chi connectivity index (χ3v) is 4.36. The van der Waals surface area contributed by atoms with Crippen LogP contribution in [0.4, 0.5) is 18.9 Å². The van der Waals surface area contributed by atoms with Gasteiger partial charge in [0.1, 0.15) is 6.04 Å². The van der Waals surface area contributed by atoms with E-state index in [0.717, 1.165) is 17.2 Å². The quantitative estimate of drug-likeness (QED) is 0.662. The largest absolute Gasteiger partial charge is 0.418 e.